The molecule has 0 radical (unpaired) electrons. The standard InChI is InChI=1S/C17H14ClN3O3S2/c18-12-2-1-3-13(8-12)20-17(22)21-16-9-14(26(19,23)24)4-5-15(16)11-6-7-25-10-11/h1-10H,(H2,19,23,24)(H2,20,21,22). The van der Waals surface area contributed by atoms with E-state index in [-0.39, 0.29) is 4.90 Å². The first-order chi connectivity index (χ1) is 12.3. The van der Waals surface area contributed by atoms with Gasteiger partial charge in [-0.1, -0.05) is 23.7 Å². The molecular weight excluding hydrogens is 394 g/mol. The monoisotopic (exact) mass is 407 g/mol. The van der Waals surface area contributed by atoms with Crippen LogP contribution in [0.5, 0.6) is 0 Å². The molecule has 3 aromatic rings. The van der Waals surface area contributed by atoms with Crippen LogP contribution in [0.4, 0.5) is 16.2 Å². The maximum atomic E-state index is 12.3. The number of anilines is 2. The van der Waals surface area contributed by atoms with Crippen LogP contribution in [0.2, 0.25) is 5.02 Å². The molecule has 0 aliphatic heterocycles. The predicted octanol–water partition coefficient (Wildman–Crippen LogP) is 4.36. The van der Waals surface area contributed by atoms with Crippen molar-refractivity contribution in [2.45, 2.75) is 4.90 Å². The molecular formula is C17H14ClN3O3S2. The molecule has 0 saturated carbocycles. The number of carbonyl (C=O) groups is 1. The highest BCUT2D eigenvalue weighted by Crippen LogP contribution is 2.31. The van der Waals surface area contributed by atoms with Gasteiger partial charge in [0.05, 0.1) is 10.6 Å². The zero-order valence-corrected chi connectivity index (χ0v) is 15.7. The Bertz CT molecular complexity index is 1050. The summed E-state index contributed by atoms with van der Waals surface area (Å²) in [7, 11) is -3.90. The van der Waals surface area contributed by atoms with E-state index in [1.807, 2.05) is 16.8 Å². The Morgan fingerprint density at radius 3 is 2.54 bits per heavy atom. The molecule has 0 fully saturated rings. The number of nitrogens with one attached hydrogen (secondary N) is 2. The number of urea groups is 1. The zero-order chi connectivity index (χ0) is 18.7. The van der Waals surface area contributed by atoms with Gasteiger partial charge in [0.2, 0.25) is 10.0 Å². The van der Waals surface area contributed by atoms with Crippen molar-refractivity contribution in [2.24, 2.45) is 5.14 Å². The minimum Gasteiger partial charge on any atom is -0.308 e. The average molecular weight is 408 g/mol. The SMILES string of the molecule is NS(=O)(=O)c1ccc(-c2ccsc2)c(NC(=O)Nc2cccc(Cl)c2)c1. The van der Waals surface area contributed by atoms with Crippen LogP contribution in [-0.4, -0.2) is 14.4 Å². The summed E-state index contributed by atoms with van der Waals surface area (Å²) in [5.74, 6) is 0. The summed E-state index contributed by atoms with van der Waals surface area (Å²) in [5.41, 5.74) is 2.37. The molecule has 0 atom stereocenters. The van der Waals surface area contributed by atoms with Crippen LogP contribution in [0.1, 0.15) is 0 Å². The van der Waals surface area contributed by atoms with Gasteiger partial charge in [-0.25, -0.2) is 18.4 Å². The lowest BCUT2D eigenvalue weighted by atomic mass is 10.1. The van der Waals surface area contributed by atoms with Crippen molar-refractivity contribution in [2.75, 3.05) is 10.6 Å². The molecule has 4 N–H and O–H groups in total. The number of benzene rings is 2. The molecule has 2 aromatic carbocycles. The van der Waals surface area contributed by atoms with Crippen molar-refractivity contribution in [3.63, 3.8) is 0 Å². The second-order valence-electron chi connectivity index (χ2n) is 5.35. The molecule has 6 nitrogen and oxygen atoms in total. The number of amides is 2. The zero-order valence-electron chi connectivity index (χ0n) is 13.3. The largest absolute Gasteiger partial charge is 0.323 e. The van der Waals surface area contributed by atoms with Gasteiger partial charge in [0.15, 0.2) is 0 Å². The fraction of sp³-hybridized carbons (Fsp3) is 0. The van der Waals surface area contributed by atoms with E-state index in [0.717, 1.165) is 5.56 Å². The van der Waals surface area contributed by atoms with Crippen LogP contribution in [-0.2, 0) is 10.0 Å². The van der Waals surface area contributed by atoms with Gasteiger partial charge in [0.25, 0.3) is 0 Å². The van der Waals surface area contributed by atoms with Crippen LogP contribution in [0.3, 0.4) is 0 Å². The summed E-state index contributed by atoms with van der Waals surface area (Å²) >= 11 is 7.39. The van der Waals surface area contributed by atoms with Gasteiger partial charge < -0.3 is 10.6 Å². The number of rotatable bonds is 4. The van der Waals surface area contributed by atoms with Crippen molar-refractivity contribution in [3.05, 3.63) is 64.3 Å². The molecule has 3 rings (SSSR count). The number of hydrogen-bond acceptors (Lipinski definition) is 4. The average Bonchev–Trinajstić information content (AvgIpc) is 3.08. The van der Waals surface area contributed by atoms with Crippen LogP contribution in [0.25, 0.3) is 11.1 Å². The molecule has 2 amide bonds. The maximum Gasteiger partial charge on any atom is 0.323 e. The van der Waals surface area contributed by atoms with Gasteiger partial charge >= 0.3 is 6.03 Å². The summed E-state index contributed by atoms with van der Waals surface area (Å²) in [6.07, 6.45) is 0. The van der Waals surface area contributed by atoms with E-state index in [1.54, 1.807) is 30.3 Å². The number of halogens is 1. The molecule has 0 unspecified atom stereocenters. The van der Waals surface area contributed by atoms with Gasteiger partial charge in [-0.15, -0.1) is 0 Å². The van der Waals surface area contributed by atoms with Gasteiger partial charge in [-0.05, 0) is 52.7 Å². The number of carbonyl (C=O) groups excluding carboxylic acids is 1. The normalized spacial score (nSPS) is 11.2. The van der Waals surface area contributed by atoms with Gasteiger partial charge in [-0.3, -0.25) is 0 Å². The molecule has 1 aromatic heterocycles. The molecule has 26 heavy (non-hydrogen) atoms. The Kier molecular flexibility index (Phi) is 5.28. The lowest BCUT2D eigenvalue weighted by molar-refractivity contribution is 0.262. The van der Waals surface area contributed by atoms with E-state index >= 15 is 0 Å². The minimum absolute atomic E-state index is 0.0884. The van der Waals surface area contributed by atoms with Crippen molar-refractivity contribution in [1.29, 1.82) is 0 Å². The van der Waals surface area contributed by atoms with Crippen molar-refractivity contribution in [3.8, 4) is 11.1 Å². The topological polar surface area (TPSA) is 101 Å². The summed E-state index contributed by atoms with van der Waals surface area (Å²) in [6.45, 7) is 0. The first-order valence-electron chi connectivity index (χ1n) is 7.36. The number of thiophene rings is 1. The highest BCUT2D eigenvalue weighted by Gasteiger charge is 2.15. The Labute approximate surface area is 159 Å². The summed E-state index contributed by atoms with van der Waals surface area (Å²) in [5, 5.41) is 14.8. The second-order valence-corrected chi connectivity index (χ2v) is 8.13. The fourth-order valence-electron chi connectivity index (χ4n) is 2.32. The number of sulfonamides is 1. The molecule has 0 aliphatic carbocycles. The molecule has 9 heteroatoms. The van der Waals surface area contributed by atoms with Crippen LogP contribution >= 0.6 is 22.9 Å². The van der Waals surface area contributed by atoms with E-state index in [0.29, 0.717) is 22.0 Å². The van der Waals surface area contributed by atoms with Crippen LogP contribution < -0.4 is 15.8 Å². The number of hydrogen-bond donors (Lipinski definition) is 3. The summed E-state index contributed by atoms with van der Waals surface area (Å²) in [6, 6.07) is 12.4. The van der Waals surface area contributed by atoms with Crippen LogP contribution in [0.15, 0.2) is 64.2 Å². The lowest BCUT2D eigenvalue weighted by Gasteiger charge is -2.13. The molecule has 0 saturated heterocycles. The Morgan fingerprint density at radius 2 is 1.88 bits per heavy atom. The van der Waals surface area contributed by atoms with E-state index in [9.17, 15) is 13.2 Å². The Hall–Kier alpha value is -2.39. The third-order valence-corrected chi connectivity index (χ3v) is 5.31. The highest BCUT2D eigenvalue weighted by molar-refractivity contribution is 7.89. The first kappa shape index (κ1) is 18.4. The summed E-state index contributed by atoms with van der Waals surface area (Å²) in [4.78, 5) is 12.2. The molecule has 0 spiro atoms. The maximum absolute atomic E-state index is 12.3. The first-order valence-corrected chi connectivity index (χ1v) is 10.2. The quantitative estimate of drug-likeness (QED) is 0.598. The van der Waals surface area contributed by atoms with E-state index in [4.69, 9.17) is 16.7 Å². The van der Waals surface area contributed by atoms with Gasteiger partial charge in [0, 0.05) is 16.3 Å². The number of nitrogens with two attached hydrogens (primary N) is 1. The van der Waals surface area contributed by atoms with Crippen LogP contribution in [0, 0.1) is 0 Å². The Morgan fingerprint density at radius 1 is 1.08 bits per heavy atom. The molecule has 134 valence electrons. The van der Waals surface area contributed by atoms with Gasteiger partial charge in [-0.2, -0.15) is 11.3 Å². The van der Waals surface area contributed by atoms with Crippen molar-refractivity contribution >= 4 is 50.4 Å². The third kappa shape index (κ3) is 4.41. The van der Waals surface area contributed by atoms with Crippen molar-refractivity contribution < 1.29 is 13.2 Å². The molecule has 1 heterocycles. The second kappa shape index (κ2) is 7.46. The number of primary sulfonamides is 1. The Balaban J connectivity index is 1.92. The van der Waals surface area contributed by atoms with Gasteiger partial charge in [0.1, 0.15) is 0 Å². The third-order valence-electron chi connectivity index (χ3n) is 3.48. The lowest BCUT2D eigenvalue weighted by Crippen LogP contribution is -2.20. The highest BCUT2D eigenvalue weighted by atomic mass is 35.5. The summed E-state index contributed by atoms with van der Waals surface area (Å²) < 4.78 is 23.3. The molecule has 0 aliphatic rings. The molecule has 0 bridgehead atoms. The van der Waals surface area contributed by atoms with Crippen molar-refractivity contribution in [1.82, 2.24) is 0 Å². The smallest absolute Gasteiger partial charge is 0.308 e. The van der Waals surface area contributed by atoms with E-state index in [2.05, 4.69) is 10.6 Å². The fourth-order valence-corrected chi connectivity index (χ4v) is 3.71. The van der Waals surface area contributed by atoms with E-state index in [1.165, 1.54) is 23.5 Å². The minimum atomic E-state index is -3.90. The van der Waals surface area contributed by atoms with E-state index < -0.39 is 16.1 Å². The predicted molar refractivity (Wildman–Crippen MR) is 105 cm³/mol.